The number of hydrogen-bond donors (Lipinski definition) is 1. The van der Waals surface area contributed by atoms with Crippen molar-refractivity contribution in [2.75, 3.05) is 58.8 Å². The van der Waals surface area contributed by atoms with Crippen molar-refractivity contribution in [3.63, 3.8) is 0 Å². The Morgan fingerprint density at radius 2 is 1.87 bits per heavy atom. The highest BCUT2D eigenvalue weighted by molar-refractivity contribution is 14.0. The molecule has 0 unspecified atom stereocenters. The van der Waals surface area contributed by atoms with Gasteiger partial charge >= 0.3 is 6.09 Å². The molecule has 0 aliphatic carbocycles. The molecule has 1 aromatic carbocycles. The Balaban J connectivity index is 0.00000320. The van der Waals surface area contributed by atoms with E-state index < -0.39 is 0 Å². The number of rotatable bonds is 4. The molecule has 2 heterocycles. The number of aliphatic imine (C=N–C) groups is 1. The topological polar surface area (TPSA) is 73.3 Å². The number of benzene rings is 1. The normalized spacial score (nSPS) is 14.3. The summed E-state index contributed by atoms with van der Waals surface area (Å²) in [4.78, 5) is 27.0. The zero-order chi connectivity index (χ0) is 20.8. The van der Waals surface area contributed by atoms with Gasteiger partial charge in [-0.25, -0.2) is 9.78 Å². The minimum atomic E-state index is -0.241. The number of hydrogen-bond acceptors (Lipinski definition) is 5. The first-order valence-electron chi connectivity index (χ1n) is 9.96. The van der Waals surface area contributed by atoms with E-state index in [1.54, 1.807) is 11.9 Å². The predicted octanol–water partition coefficient (Wildman–Crippen LogP) is 2.77. The standard InChI is InChI=1S/C21H30N6O2.HI/c1-5-29-21(28)27-12-10-26(11-13-27)20(22-2)23-15-16-14-19(25(3)4)24-18-9-7-6-8-17(16)18;/h6-9,14H,5,10-13,15H2,1-4H3,(H,22,23);1H. The minimum Gasteiger partial charge on any atom is -0.450 e. The monoisotopic (exact) mass is 526 g/mol. The summed E-state index contributed by atoms with van der Waals surface area (Å²) in [5.74, 6) is 1.76. The summed E-state index contributed by atoms with van der Waals surface area (Å²) < 4.78 is 5.09. The van der Waals surface area contributed by atoms with Crippen molar-refractivity contribution in [2.24, 2.45) is 4.99 Å². The zero-order valence-electron chi connectivity index (χ0n) is 18.1. The molecule has 30 heavy (non-hydrogen) atoms. The summed E-state index contributed by atoms with van der Waals surface area (Å²) in [6.45, 7) is 5.57. The largest absolute Gasteiger partial charge is 0.450 e. The van der Waals surface area contributed by atoms with E-state index in [1.807, 2.05) is 44.1 Å². The summed E-state index contributed by atoms with van der Waals surface area (Å²) in [5, 5.41) is 4.61. The Labute approximate surface area is 195 Å². The molecular formula is C21H31IN6O2. The number of halogens is 1. The summed E-state index contributed by atoms with van der Waals surface area (Å²) >= 11 is 0. The average molecular weight is 526 g/mol. The number of guanidine groups is 1. The maximum absolute atomic E-state index is 11.9. The lowest BCUT2D eigenvalue weighted by Gasteiger charge is -2.35. The quantitative estimate of drug-likeness (QED) is 0.376. The second-order valence-electron chi connectivity index (χ2n) is 7.12. The number of amides is 1. The molecule has 0 atom stereocenters. The molecule has 1 aliphatic rings. The number of pyridine rings is 1. The zero-order valence-corrected chi connectivity index (χ0v) is 20.4. The van der Waals surface area contributed by atoms with Gasteiger partial charge in [0.15, 0.2) is 5.96 Å². The van der Waals surface area contributed by atoms with Crippen LogP contribution in [0.15, 0.2) is 35.3 Å². The number of ether oxygens (including phenoxy) is 1. The third-order valence-electron chi connectivity index (χ3n) is 5.00. The number of carbonyl (C=O) groups is 1. The van der Waals surface area contributed by atoms with Crippen LogP contribution < -0.4 is 10.2 Å². The van der Waals surface area contributed by atoms with Gasteiger partial charge in [0.25, 0.3) is 0 Å². The molecule has 0 spiro atoms. The summed E-state index contributed by atoms with van der Waals surface area (Å²) in [6, 6.07) is 10.3. The van der Waals surface area contributed by atoms with Gasteiger partial charge in [-0.2, -0.15) is 0 Å². The van der Waals surface area contributed by atoms with Gasteiger partial charge in [-0.15, -0.1) is 24.0 Å². The lowest BCUT2D eigenvalue weighted by atomic mass is 10.1. The molecule has 2 aromatic rings. The Kier molecular flexibility index (Phi) is 8.94. The van der Waals surface area contributed by atoms with Crippen LogP contribution in [0.5, 0.6) is 0 Å². The Morgan fingerprint density at radius 3 is 2.50 bits per heavy atom. The summed E-state index contributed by atoms with van der Waals surface area (Å²) in [7, 11) is 5.78. The van der Waals surface area contributed by atoms with Crippen LogP contribution in [-0.4, -0.2) is 80.8 Å². The second kappa shape index (κ2) is 11.2. The van der Waals surface area contributed by atoms with E-state index in [2.05, 4.69) is 27.3 Å². The highest BCUT2D eigenvalue weighted by Gasteiger charge is 2.23. The van der Waals surface area contributed by atoms with Crippen molar-refractivity contribution < 1.29 is 9.53 Å². The second-order valence-corrected chi connectivity index (χ2v) is 7.12. The van der Waals surface area contributed by atoms with Gasteiger partial charge in [-0.3, -0.25) is 4.99 Å². The fraction of sp³-hybridized carbons (Fsp3) is 0.476. The molecule has 9 heteroatoms. The molecule has 1 aliphatic heterocycles. The van der Waals surface area contributed by atoms with Crippen LogP contribution in [0, 0.1) is 0 Å². The molecule has 164 valence electrons. The van der Waals surface area contributed by atoms with Crippen molar-refractivity contribution in [3.8, 4) is 0 Å². The molecule has 1 fully saturated rings. The molecule has 0 radical (unpaired) electrons. The molecule has 1 amide bonds. The third-order valence-corrected chi connectivity index (χ3v) is 5.00. The van der Waals surface area contributed by atoms with E-state index in [1.165, 1.54) is 5.56 Å². The molecule has 1 saturated heterocycles. The number of aromatic nitrogens is 1. The van der Waals surface area contributed by atoms with Crippen molar-refractivity contribution in [3.05, 3.63) is 35.9 Å². The van der Waals surface area contributed by atoms with Crippen LogP contribution in [-0.2, 0) is 11.3 Å². The van der Waals surface area contributed by atoms with Gasteiger partial charge in [0, 0.05) is 59.3 Å². The molecule has 0 saturated carbocycles. The molecule has 1 aromatic heterocycles. The smallest absolute Gasteiger partial charge is 0.409 e. The van der Waals surface area contributed by atoms with Crippen LogP contribution in [0.2, 0.25) is 0 Å². The van der Waals surface area contributed by atoms with Crippen LogP contribution in [0.4, 0.5) is 10.6 Å². The number of carbonyl (C=O) groups excluding carboxylic acids is 1. The SMILES string of the molecule is CCOC(=O)N1CCN(C(=NC)NCc2cc(N(C)C)nc3ccccc23)CC1.I. The van der Waals surface area contributed by atoms with Gasteiger partial charge in [-0.1, -0.05) is 18.2 Å². The van der Waals surface area contributed by atoms with Gasteiger partial charge in [0.1, 0.15) is 5.82 Å². The number of anilines is 1. The van der Waals surface area contributed by atoms with Gasteiger partial charge in [0.2, 0.25) is 0 Å². The number of piperazine rings is 1. The lowest BCUT2D eigenvalue weighted by molar-refractivity contribution is 0.0914. The van der Waals surface area contributed by atoms with Crippen LogP contribution in [0.3, 0.4) is 0 Å². The van der Waals surface area contributed by atoms with E-state index in [0.717, 1.165) is 35.8 Å². The van der Waals surface area contributed by atoms with E-state index >= 15 is 0 Å². The number of nitrogens with zero attached hydrogens (tertiary/aromatic N) is 5. The first kappa shape index (κ1) is 24.0. The van der Waals surface area contributed by atoms with Crippen LogP contribution >= 0.6 is 24.0 Å². The molecule has 0 bridgehead atoms. The van der Waals surface area contributed by atoms with Crippen molar-refractivity contribution in [2.45, 2.75) is 13.5 Å². The van der Waals surface area contributed by atoms with Crippen molar-refractivity contribution in [1.29, 1.82) is 0 Å². The molecule has 8 nitrogen and oxygen atoms in total. The van der Waals surface area contributed by atoms with E-state index in [9.17, 15) is 4.79 Å². The Hall–Kier alpha value is -2.30. The van der Waals surface area contributed by atoms with Crippen LogP contribution in [0.25, 0.3) is 10.9 Å². The highest BCUT2D eigenvalue weighted by Crippen LogP contribution is 2.22. The fourth-order valence-electron chi connectivity index (χ4n) is 3.43. The fourth-order valence-corrected chi connectivity index (χ4v) is 3.43. The first-order chi connectivity index (χ1) is 14.0. The Morgan fingerprint density at radius 1 is 1.20 bits per heavy atom. The maximum atomic E-state index is 11.9. The van der Waals surface area contributed by atoms with E-state index in [4.69, 9.17) is 9.72 Å². The maximum Gasteiger partial charge on any atom is 0.409 e. The summed E-state index contributed by atoms with van der Waals surface area (Å²) in [6.07, 6.45) is -0.241. The minimum absolute atomic E-state index is 0. The average Bonchev–Trinajstić information content (AvgIpc) is 2.74. The van der Waals surface area contributed by atoms with Gasteiger partial charge < -0.3 is 24.8 Å². The lowest BCUT2D eigenvalue weighted by Crippen LogP contribution is -2.53. The molecule has 3 rings (SSSR count). The molecule has 1 N–H and O–H groups in total. The Bertz CT molecular complexity index is 881. The van der Waals surface area contributed by atoms with Crippen LogP contribution in [0.1, 0.15) is 12.5 Å². The third kappa shape index (κ3) is 5.65. The number of nitrogens with one attached hydrogen (secondary N) is 1. The molecular weight excluding hydrogens is 495 g/mol. The van der Waals surface area contributed by atoms with E-state index in [-0.39, 0.29) is 30.1 Å². The predicted molar refractivity (Wildman–Crippen MR) is 132 cm³/mol. The van der Waals surface area contributed by atoms with Gasteiger partial charge in [-0.05, 0) is 24.6 Å². The number of para-hydroxylation sites is 1. The van der Waals surface area contributed by atoms with E-state index in [0.29, 0.717) is 26.2 Å². The summed E-state index contributed by atoms with van der Waals surface area (Å²) in [5.41, 5.74) is 2.15. The highest BCUT2D eigenvalue weighted by atomic mass is 127. The van der Waals surface area contributed by atoms with Gasteiger partial charge in [0.05, 0.1) is 12.1 Å². The van der Waals surface area contributed by atoms with Crippen molar-refractivity contribution in [1.82, 2.24) is 20.1 Å². The van der Waals surface area contributed by atoms with Crippen molar-refractivity contribution >= 4 is 52.8 Å². The first-order valence-corrected chi connectivity index (χ1v) is 9.96. The number of fused-ring (bicyclic) bond motifs is 1.